The number of nitrogen functional groups attached to an aromatic ring is 1. The Morgan fingerprint density at radius 2 is 1.77 bits per heavy atom. The zero-order chi connectivity index (χ0) is 15.7. The topological polar surface area (TPSA) is 138 Å². The van der Waals surface area contributed by atoms with E-state index in [1.165, 1.54) is 18.3 Å². The zero-order valence-electron chi connectivity index (χ0n) is 11.2. The molecule has 0 radical (unpaired) electrons. The molecule has 4 N–H and O–H groups in total. The van der Waals surface area contributed by atoms with Gasteiger partial charge in [0.05, 0.1) is 4.90 Å². The Kier molecular flexibility index (Phi) is 3.35. The molecule has 0 unspecified atom stereocenters. The van der Waals surface area contributed by atoms with Gasteiger partial charge in [0.2, 0.25) is 15.8 Å². The van der Waals surface area contributed by atoms with Crippen molar-refractivity contribution >= 4 is 15.8 Å². The standard InChI is InChI=1S/C13H11N5O3S/c14-11-7-9(5-6-16-11)13-17-12(18-21-13)8-1-3-10(4-2-8)22(15,19)20/h1-7H,(H2,14,16)(H2,15,19,20). The van der Waals surface area contributed by atoms with E-state index in [0.29, 0.717) is 28.7 Å². The first-order valence-electron chi connectivity index (χ1n) is 6.12. The molecule has 0 aliphatic heterocycles. The minimum absolute atomic E-state index is 0.0156. The largest absolute Gasteiger partial charge is 0.384 e. The molecule has 0 saturated heterocycles. The van der Waals surface area contributed by atoms with Crippen molar-refractivity contribution in [1.82, 2.24) is 15.1 Å². The van der Waals surface area contributed by atoms with Crippen LogP contribution in [0.3, 0.4) is 0 Å². The van der Waals surface area contributed by atoms with Gasteiger partial charge in [-0.25, -0.2) is 18.5 Å². The van der Waals surface area contributed by atoms with E-state index in [1.54, 1.807) is 24.3 Å². The second-order valence-electron chi connectivity index (χ2n) is 4.46. The van der Waals surface area contributed by atoms with Crippen LogP contribution in [0, 0.1) is 0 Å². The van der Waals surface area contributed by atoms with Crippen LogP contribution < -0.4 is 10.9 Å². The number of aromatic nitrogens is 3. The van der Waals surface area contributed by atoms with Crippen LogP contribution in [-0.4, -0.2) is 23.5 Å². The lowest BCUT2D eigenvalue weighted by atomic mass is 10.2. The maximum Gasteiger partial charge on any atom is 0.258 e. The van der Waals surface area contributed by atoms with Crippen molar-refractivity contribution in [3.8, 4) is 22.8 Å². The molecule has 9 heteroatoms. The van der Waals surface area contributed by atoms with Crippen LogP contribution in [0.5, 0.6) is 0 Å². The molecule has 8 nitrogen and oxygen atoms in total. The Morgan fingerprint density at radius 1 is 1.05 bits per heavy atom. The van der Waals surface area contributed by atoms with E-state index >= 15 is 0 Å². The summed E-state index contributed by atoms with van der Waals surface area (Å²) < 4.78 is 27.6. The predicted molar refractivity (Wildman–Crippen MR) is 78.8 cm³/mol. The highest BCUT2D eigenvalue weighted by atomic mass is 32.2. The summed E-state index contributed by atoms with van der Waals surface area (Å²) in [6.45, 7) is 0. The molecular weight excluding hydrogens is 306 g/mol. The highest BCUT2D eigenvalue weighted by molar-refractivity contribution is 7.89. The SMILES string of the molecule is Nc1cc(-c2nc(-c3ccc(S(N)(=O)=O)cc3)no2)ccn1. The van der Waals surface area contributed by atoms with Gasteiger partial charge in [-0.1, -0.05) is 5.16 Å². The zero-order valence-corrected chi connectivity index (χ0v) is 12.0. The van der Waals surface area contributed by atoms with Crippen LogP contribution >= 0.6 is 0 Å². The van der Waals surface area contributed by atoms with Gasteiger partial charge in [-0.05, 0) is 36.4 Å². The van der Waals surface area contributed by atoms with E-state index in [9.17, 15) is 8.42 Å². The van der Waals surface area contributed by atoms with Gasteiger partial charge < -0.3 is 10.3 Å². The summed E-state index contributed by atoms with van der Waals surface area (Å²) in [6.07, 6.45) is 1.54. The highest BCUT2D eigenvalue weighted by Gasteiger charge is 2.13. The molecule has 2 heterocycles. The molecule has 3 rings (SSSR count). The third kappa shape index (κ3) is 2.80. The Hall–Kier alpha value is -2.78. The normalized spacial score (nSPS) is 11.5. The molecule has 0 aliphatic rings. The number of anilines is 1. The van der Waals surface area contributed by atoms with Gasteiger partial charge in [-0.15, -0.1) is 0 Å². The maximum atomic E-state index is 11.2. The Morgan fingerprint density at radius 3 is 2.41 bits per heavy atom. The first-order chi connectivity index (χ1) is 10.4. The van der Waals surface area contributed by atoms with Crippen LogP contribution in [0.1, 0.15) is 0 Å². The fourth-order valence-electron chi connectivity index (χ4n) is 1.83. The van der Waals surface area contributed by atoms with Crippen molar-refractivity contribution in [3.63, 3.8) is 0 Å². The molecule has 112 valence electrons. The summed E-state index contributed by atoms with van der Waals surface area (Å²) >= 11 is 0. The van der Waals surface area contributed by atoms with Crippen molar-refractivity contribution in [2.45, 2.75) is 4.90 Å². The average molecular weight is 317 g/mol. The number of rotatable bonds is 3. The minimum Gasteiger partial charge on any atom is -0.384 e. The number of nitrogens with zero attached hydrogens (tertiary/aromatic N) is 3. The molecule has 0 bridgehead atoms. The quantitative estimate of drug-likeness (QED) is 0.735. The van der Waals surface area contributed by atoms with Gasteiger partial charge in [0.15, 0.2) is 0 Å². The molecular formula is C13H11N5O3S. The lowest BCUT2D eigenvalue weighted by molar-refractivity contribution is 0.432. The summed E-state index contributed by atoms with van der Waals surface area (Å²) in [7, 11) is -3.73. The van der Waals surface area contributed by atoms with Crippen molar-refractivity contribution in [2.75, 3.05) is 5.73 Å². The average Bonchev–Trinajstić information content (AvgIpc) is 2.96. The molecule has 0 saturated carbocycles. The van der Waals surface area contributed by atoms with E-state index in [2.05, 4.69) is 15.1 Å². The first-order valence-corrected chi connectivity index (χ1v) is 7.67. The fraction of sp³-hybridized carbons (Fsp3) is 0. The van der Waals surface area contributed by atoms with Gasteiger partial charge >= 0.3 is 0 Å². The first kappa shape index (κ1) is 14.2. The van der Waals surface area contributed by atoms with Crippen LogP contribution in [-0.2, 0) is 10.0 Å². The van der Waals surface area contributed by atoms with Gasteiger partial charge in [0.1, 0.15) is 5.82 Å². The van der Waals surface area contributed by atoms with Gasteiger partial charge in [0, 0.05) is 17.3 Å². The summed E-state index contributed by atoms with van der Waals surface area (Å²) in [5, 5.41) is 8.90. The van der Waals surface area contributed by atoms with Gasteiger partial charge in [-0.2, -0.15) is 4.98 Å². The fourth-order valence-corrected chi connectivity index (χ4v) is 2.35. The van der Waals surface area contributed by atoms with Crippen LogP contribution in [0.25, 0.3) is 22.8 Å². The number of benzene rings is 1. The number of sulfonamides is 1. The van der Waals surface area contributed by atoms with E-state index in [4.69, 9.17) is 15.4 Å². The van der Waals surface area contributed by atoms with Crippen LogP contribution in [0.15, 0.2) is 52.0 Å². The maximum absolute atomic E-state index is 11.2. The Balaban J connectivity index is 1.94. The molecule has 2 aromatic heterocycles. The predicted octanol–water partition coefficient (Wildman–Crippen LogP) is 1.03. The third-order valence-corrected chi connectivity index (χ3v) is 3.82. The van der Waals surface area contributed by atoms with E-state index in [-0.39, 0.29) is 4.90 Å². The number of nitrogens with two attached hydrogens (primary N) is 2. The van der Waals surface area contributed by atoms with Gasteiger partial charge in [0.25, 0.3) is 5.89 Å². The molecule has 0 spiro atoms. The molecule has 1 aromatic carbocycles. The molecule has 22 heavy (non-hydrogen) atoms. The van der Waals surface area contributed by atoms with Gasteiger partial charge in [-0.3, -0.25) is 0 Å². The summed E-state index contributed by atoms with van der Waals surface area (Å²) in [6, 6.07) is 9.17. The van der Waals surface area contributed by atoms with E-state index in [0.717, 1.165) is 0 Å². The number of primary sulfonamides is 1. The molecule has 3 aromatic rings. The third-order valence-electron chi connectivity index (χ3n) is 2.90. The summed E-state index contributed by atoms with van der Waals surface area (Å²) in [4.78, 5) is 8.14. The highest BCUT2D eigenvalue weighted by Crippen LogP contribution is 2.23. The summed E-state index contributed by atoms with van der Waals surface area (Å²) in [5.41, 5.74) is 6.85. The minimum atomic E-state index is -3.73. The molecule has 0 atom stereocenters. The smallest absolute Gasteiger partial charge is 0.258 e. The van der Waals surface area contributed by atoms with E-state index in [1.807, 2.05) is 0 Å². The van der Waals surface area contributed by atoms with Crippen molar-refractivity contribution in [1.29, 1.82) is 0 Å². The number of hydrogen-bond acceptors (Lipinski definition) is 7. The Bertz CT molecular complexity index is 919. The monoisotopic (exact) mass is 317 g/mol. The molecule has 0 fully saturated rings. The van der Waals surface area contributed by atoms with Crippen LogP contribution in [0.4, 0.5) is 5.82 Å². The summed E-state index contributed by atoms with van der Waals surface area (Å²) in [5.74, 6) is 0.959. The van der Waals surface area contributed by atoms with Crippen molar-refractivity contribution < 1.29 is 12.9 Å². The lowest BCUT2D eigenvalue weighted by Crippen LogP contribution is -2.11. The van der Waals surface area contributed by atoms with Crippen molar-refractivity contribution in [3.05, 3.63) is 42.6 Å². The lowest BCUT2D eigenvalue weighted by Gasteiger charge is -1.98. The van der Waals surface area contributed by atoms with Crippen LogP contribution in [0.2, 0.25) is 0 Å². The molecule has 0 amide bonds. The van der Waals surface area contributed by atoms with E-state index < -0.39 is 10.0 Å². The Labute approximate surface area is 125 Å². The molecule has 0 aliphatic carbocycles. The number of hydrogen-bond donors (Lipinski definition) is 2. The number of pyridine rings is 1. The second-order valence-corrected chi connectivity index (χ2v) is 6.02. The van der Waals surface area contributed by atoms with Crippen molar-refractivity contribution in [2.24, 2.45) is 5.14 Å². The second kappa shape index (κ2) is 5.20.